The van der Waals surface area contributed by atoms with Crippen molar-refractivity contribution in [1.82, 2.24) is 0 Å². The summed E-state index contributed by atoms with van der Waals surface area (Å²) in [5.41, 5.74) is 5.68. The second kappa shape index (κ2) is 10.5. The van der Waals surface area contributed by atoms with Gasteiger partial charge in [0.2, 0.25) is 0 Å². The van der Waals surface area contributed by atoms with E-state index in [9.17, 15) is 4.79 Å². The highest BCUT2D eigenvalue weighted by atomic mass is 32.2. The van der Waals surface area contributed by atoms with Crippen LogP contribution in [0, 0.1) is 23.7 Å². The van der Waals surface area contributed by atoms with Crippen LogP contribution < -0.4 is 5.73 Å². The summed E-state index contributed by atoms with van der Waals surface area (Å²) in [5.74, 6) is 2.31. The summed E-state index contributed by atoms with van der Waals surface area (Å²) in [6, 6.07) is 0. The summed E-state index contributed by atoms with van der Waals surface area (Å²) in [6.45, 7) is 15.2. The molecule has 2 nitrogen and oxygen atoms in total. The molecule has 3 unspecified atom stereocenters. The average molecular weight is 328 g/mol. The summed E-state index contributed by atoms with van der Waals surface area (Å²) in [6.07, 6.45) is 7.76. The molecule has 0 saturated carbocycles. The molecule has 3 heteroatoms. The number of unbranched alkanes of at least 4 members (excludes halogenated alkanes) is 1. The van der Waals surface area contributed by atoms with Gasteiger partial charge >= 0.3 is 0 Å². The Morgan fingerprint density at radius 3 is 2.23 bits per heavy atom. The third-order valence-electron chi connectivity index (χ3n) is 5.35. The molecule has 0 bridgehead atoms. The van der Waals surface area contributed by atoms with Crippen molar-refractivity contribution < 1.29 is 4.79 Å². The van der Waals surface area contributed by atoms with Crippen molar-refractivity contribution >= 4 is 17.5 Å². The number of ketones is 1. The fourth-order valence-electron chi connectivity index (χ4n) is 2.84. The van der Waals surface area contributed by atoms with Crippen molar-refractivity contribution in [2.45, 2.75) is 72.5 Å². The van der Waals surface area contributed by atoms with Crippen LogP contribution in [0.2, 0.25) is 0 Å². The maximum absolute atomic E-state index is 12.9. The first-order valence-corrected chi connectivity index (χ1v) is 9.78. The molecule has 0 spiro atoms. The molecule has 0 aliphatic carbocycles. The van der Waals surface area contributed by atoms with Gasteiger partial charge in [-0.3, -0.25) is 4.79 Å². The van der Waals surface area contributed by atoms with Gasteiger partial charge in [0.1, 0.15) is 0 Å². The number of thioether (sulfide) groups is 1. The van der Waals surface area contributed by atoms with Gasteiger partial charge in [0, 0.05) is 11.8 Å². The molecule has 0 saturated heterocycles. The molecule has 0 aromatic heterocycles. The summed E-state index contributed by atoms with van der Waals surface area (Å²) in [7, 11) is 0. The molecule has 22 heavy (non-hydrogen) atoms. The van der Waals surface area contributed by atoms with E-state index >= 15 is 0 Å². The van der Waals surface area contributed by atoms with Crippen LogP contribution in [-0.4, -0.2) is 16.4 Å². The maximum atomic E-state index is 12.9. The van der Waals surface area contributed by atoms with Gasteiger partial charge < -0.3 is 5.73 Å². The second-order valence-electron chi connectivity index (χ2n) is 6.84. The number of carbonyl (C=O) groups is 1. The number of hydrogen-bond donors (Lipinski definition) is 1. The standard InChI is InChI=1S/C19H37NOS/c1-8-10-11-12-14(3)15(4)16(5)17(6)18(21)19(7,9-2)22-13-20/h11-12,14-17H,8-10,13,20H2,1-7H3/b12-11+/t14?,15?,16-,17?,19-/m0/s1. The average Bonchev–Trinajstić information content (AvgIpc) is 2.52. The number of hydrogen-bond acceptors (Lipinski definition) is 3. The van der Waals surface area contributed by atoms with E-state index in [4.69, 9.17) is 5.73 Å². The quantitative estimate of drug-likeness (QED) is 0.415. The van der Waals surface area contributed by atoms with Gasteiger partial charge in [-0.05, 0) is 37.5 Å². The third-order valence-corrected chi connectivity index (χ3v) is 6.65. The number of rotatable bonds is 11. The molecule has 0 aliphatic rings. The fraction of sp³-hybridized carbons (Fsp3) is 0.842. The minimum absolute atomic E-state index is 0.0704. The highest BCUT2D eigenvalue weighted by Crippen LogP contribution is 2.36. The summed E-state index contributed by atoms with van der Waals surface area (Å²) < 4.78 is -0.344. The molecular formula is C19H37NOS. The minimum Gasteiger partial charge on any atom is -0.322 e. The molecule has 0 heterocycles. The lowest BCUT2D eigenvalue weighted by Gasteiger charge is -2.34. The zero-order valence-electron chi connectivity index (χ0n) is 15.7. The topological polar surface area (TPSA) is 43.1 Å². The molecular weight excluding hydrogens is 290 g/mol. The van der Waals surface area contributed by atoms with Crippen LogP contribution in [0.5, 0.6) is 0 Å². The van der Waals surface area contributed by atoms with Crippen molar-refractivity contribution in [2.75, 3.05) is 5.88 Å². The molecule has 0 aromatic rings. The van der Waals surface area contributed by atoms with Crippen LogP contribution in [-0.2, 0) is 4.79 Å². The molecule has 0 amide bonds. The van der Waals surface area contributed by atoms with E-state index in [0.29, 0.717) is 29.4 Å². The zero-order valence-corrected chi connectivity index (χ0v) is 16.5. The Morgan fingerprint density at radius 2 is 1.77 bits per heavy atom. The fourth-order valence-corrected chi connectivity index (χ4v) is 3.74. The van der Waals surface area contributed by atoms with E-state index in [2.05, 4.69) is 53.7 Å². The third kappa shape index (κ3) is 6.08. The van der Waals surface area contributed by atoms with Crippen molar-refractivity contribution in [3.8, 4) is 0 Å². The highest BCUT2D eigenvalue weighted by Gasteiger charge is 2.38. The lowest BCUT2D eigenvalue weighted by atomic mass is 9.74. The monoisotopic (exact) mass is 327 g/mol. The van der Waals surface area contributed by atoms with Gasteiger partial charge in [-0.1, -0.05) is 60.1 Å². The molecule has 2 N–H and O–H groups in total. The molecule has 5 atom stereocenters. The molecule has 0 rings (SSSR count). The Balaban J connectivity index is 4.88. The second-order valence-corrected chi connectivity index (χ2v) is 8.37. The SMILES string of the molecule is CCC/C=C/C(C)C(C)[C@H](C)C(C)C(=O)[C@](C)(CC)SCN. The highest BCUT2D eigenvalue weighted by molar-refractivity contribution is 8.01. The number of Topliss-reactive ketones (excluding diaryl/α,β-unsaturated/α-hetero) is 1. The summed E-state index contributed by atoms with van der Waals surface area (Å²) >= 11 is 1.58. The predicted molar refractivity (Wildman–Crippen MR) is 101 cm³/mol. The summed E-state index contributed by atoms with van der Waals surface area (Å²) in [5, 5.41) is 0. The normalized spacial score (nSPS) is 20.4. The molecule has 0 aliphatic heterocycles. The van der Waals surface area contributed by atoms with Gasteiger partial charge in [0.05, 0.1) is 4.75 Å². The zero-order chi connectivity index (χ0) is 17.3. The number of allylic oxidation sites excluding steroid dienone is 2. The van der Waals surface area contributed by atoms with Crippen molar-refractivity contribution in [1.29, 1.82) is 0 Å². The predicted octanol–water partition coefficient (Wildman–Crippen LogP) is 5.27. The first-order chi connectivity index (χ1) is 10.2. The maximum Gasteiger partial charge on any atom is 0.151 e. The number of nitrogens with two attached hydrogens (primary N) is 1. The summed E-state index contributed by atoms with van der Waals surface area (Å²) in [4.78, 5) is 12.9. The van der Waals surface area contributed by atoms with Gasteiger partial charge in [-0.25, -0.2) is 0 Å². The van der Waals surface area contributed by atoms with E-state index in [1.54, 1.807) is 11.8 Å². The number of carbonyl (C=O) groups excluding carboxylic acids is 1. The Labute approximate surface area is 142 Å². The lowest BCUT2D eigenvalue weighted by Crippen LogP contribution is -2.40. The van der Waals surface area contributed by atoms with Crippen LogP contribution in [0.15, 0.2) is 12.2 Å². The Morgan fingerprint density at radius 1 is 1.18 bits per heavy atom. The Hall–Kier alpha value is -0.280. The van der Waals surface area contributed by atoms with Crippen LogP contribution in [0.4, 0.5) is 0 Å². The molecule has 0 radical (unpaired) electrons. The van der Waals surface area contributed by atoms with Gasteiger partial charge in [-0.15, -0.1) is 11.8 Å². The first-order valence-electron chi connectivity index (χ1n) is 8.80. The van der Waals surface area contributed by atoms with Crippen LogP contribution in [0.1, 0.15) is 67.7 Å². The molecule has 0 fully saturated rings. The van der Waals surface area contributed by atoms with Crippen molar-refractivity contribution in [2.24, 2.45) is 29.4 Å². The van der Waals surface area contributed by atoms with Crippen LogP contribution in [0.25, 0.3) is 0 Å². The van der Waals surface area contributed by atoms with Gasteiger partial charge in [0.15, 0.2) is 5.78 Å². The van der Waals surface area contributed by atoms with Gasteiger partial charge in [-0.2, -0.15) is 0 Å². The first kappa shape index (κ1) is 21.7. The van der Waals surface area contributed by atoms with Crippen LogP contribution in [0.3, 0.4) is 0 Å². The Bertz CT molecular complexity index is 355. The largest absolute Gasteiger partial charge is 0.322 e. The van der Waals surface area contributed by atoms with E-state index in [1.807, 2.05) is 6.92 Å². The molecule has 0 aromatic carbocycles. The minimum atomic E-state index is -0.344. The smallest absolute Gasteiger partial charge is 0.151 e. The van der Waals surface area contributed by atoms with Gasteiger partial charge in [0.25, 0.3) is 0 Å². The van der Waals surface area contributed by atoms with E-state index in [-0.39, 0.29) is 10.7 Å². The van der Waals surface area contributed by atoms with Crippen molar-refractivity contribution in [3.63, 3.8) is 0 Å². The van der Waals surface area contributed by atoms with E-state index in [1.165, 1.54) is 6.42 Å². The van der Waals surface area contributed by atoms with E-state index < -0.39 is 0 Å². The van der Waals surface area contributed by atoms with E-state index in [0.717, 1.165) is 12.8 Å². The Kier molecular flexibility index (Phi) is 10.4. The van der Waals surface area contributed by atoms with Crippen LogP contribution >= 0.6 is 11.8 Å². The molecule has 130 valence electrons. The lowest BCUT2D eigenvalue weighted by molar-refractivity contribution is -0.126. The van der Waals surface area contributed by atoms with Crippen molar-refractivity contribution in [3.05, 3.63) is 12.2 Å².